The number of nitrogens with one attached hydrogen (secondary N) is 2. The van der Waals surface area contributed by atoms with Gasteiger partial charge < -0.3 is 25.0 Å². The van der Waals surface area contributed by atoms with Gasteiger partial charge in [-0.3, -0.25) is 14.4 Å². The second-order valence-corrected chi connectivity index (χ2v) is 11.8. The van der Waals surface area contributed by atoms with E-state index in [9.17, 15) is 24.0 Å². The molecule has 246 valence electrons. The van der Waals surface area contributed by atoms with Crippen LogP contribution >= 0.6 is 0 Å². The van der Waals surface area contributed by atoms with Crippen LogP contribution in [-0.4, -0.2) is 67.0 Å². The van der Waals surface area contributed by atoms with Crippen molar-refractivity contribution in [1.82, 2.24) is 15.5 Å². The van der Waals surface area contributed by atoms with Crippen molar-refractivity contribution in [3.63, 3.8) is 0 Å². The molecule has 2 aliphatic heterocycles. The number of imide groups is 1. The molecular formula is C36H40N4O7. The van der Waals surface area contributed by atoms with Crippen molar-refractivity contribution in [2.45, 2.75) is 57.3 Å². The Morgan fingerprint density at radius 2 is 1.51 bits per heavy atom. The van der Waals surface area contributed by atoms with Gasteiger partial charge in [0, 0.05) is 25.3 Å². The quantitative estimate of drug-likeness (QED) is 0.303. The summed E-state index contributed by atoms with van der Waals surface area (Å²) in [4.78, 5) is 68.4. The van der Waals surface area contributed by atoms with Crippen molar-refractivity contribution in [3.05, 3.63) is 102 Å². The molecule has 2 saturated heterocycles. The molecule has 11 nitrogen and oxygen atoms in total. The number of ether oxygens (including phenoxy) is 2. The molecule has 3 aromatic carbocycles. The number of anilines is 1. The number of esters is 1. The SMILES string of the molecule is COC(=O)[C@H](Cc1ccc(N(C(=O)OCc2ccccc2)C(=O)C2CCNCC2)cc1)NC(=O)[C@@H]1CCC(=O)N1Cc1ccccc1. The van der Waals surface area contributed by atoms with E-state index in [1.54, 1.807) is 29.2 Å². The van der Waals surface area contributed by atoms with Crippen molar-refractivity contribution in [3.8, 4) is 0 Å². The molecule has 5 rings (SSSR count). The maximum absolute atomic E-state index is 13.6. The number of rotatable bonds is 11. The third-order valence-corrected chi connectivity index (χ3v) is 8.56. The maximum atomic E-state index is 13.6. The van der Waals surface area contributed by atoms with Crippen molar-refractivity contribution >= 4 is 35.5 Å². The highest BCUT2D eigenvalue weighted by atomic mass is 16.6. The van der Waals surface area contributed by atoms with Gasteiger partial charge in [-0.2, -0.15) is 0 Å². The van der Waals surface area contributed by atoms with Crippen molar-refractivity contribution < 1.29 is 33.4 Å². The predicted molar refractivity (Wildman–Crippen MR) is 174 cm³/mol. The lowest BCUT2D eigenvalue weighted by Crippen LogP contribution is -2.51. The number of carbonyl (C=O) groups excluding carboxylic acids is 5. The smallest absolute Gasteiger partial charge is 0.421 e. The highest BCUT2D eigenvalue weighted by Gasteiger charge is 2.38. The van der Waals surface area contributed by atoms with Crippen molar-refractivity contribution in [1.29, 1.82) is 0 Å². The summed E-state index contributed by atoms with van der Waals surface area (Å²) in [5.41, 5.74) is 2.71. The fourth-order valence-corrected chi connectivity index (χ4v) is 5.96. The molecule has 2 aliphatic rings. The molecule has 47 heavy (non-hydrogen) atoms. The first kappa shape index (κ1) is 33.3. The van der Waals surface area contributed by atoms with E-state index < -0.39 is 30.1 Å². The number of likely N-dealkylation sites (tertiary alicyclic amines) is 1. The molecule has 2 N–H and O–H groups in total. The molecule has 4 amide bonds. The number of hydrogen-bond acceptors (Lipinski definition) is 8. The molecule has 0 spiro atoms. The average Bonchev–Trinajstić information content (AvgIpc) is 3.48. The van der Waals surface area contributed by atoms with E-state index in [-0.39, 0.29) is 37.2 Å². The van der Waals surface area contributed by atoms with E-state index in [0.29, 0.717) is 50.1 Å². The fourth-order valence-electron chi connectivity index (χ4n) is 5.96. The molecule has 0 aromatic heterocycles. The normalized spacial score (nSPS) is 17.1. The zero-order valence-electron chi connectivity index (χ0n) is 26.4. The van der Waals surface area contributed by atoms with Gasteiger partial charge in [0.05, 0.1) is 12.8 Å². The first-order valence-corrected chi connectivity index (χ1v) is 15.9. The molecular weight excluding hydrogens is 600 g/mol. The van der Waals surface area contributed by atoms with Crippen LogP contribution in [0, 0.1) is 5.92 Å². The van der Waals surface area contributed by atoms with Gasteiger partial charge in [-0.05, 0) is 61.2 Å². The van der Waals surface area contributed by atoms with Crippen LogP contribution in [0.3, 0.4) is 0 Å². The second kappa shape index (κ2) is 16.0. The summed E-state index contributed by atoms with van der Waals surface area (Å²) < 4.78 is 10.6. The van der Waals surface area contributed by atoms with Crippen LogP contribution in [0.25, 0.3) is 0 Å². The minimum atomic E-state index is -1.02. The van der Waals surface area contributed by atoms with E-state index in [1.165, 1.54) is 7.11 Å². The highest BCUT2D eigenvalue weighted by molar-refractivity contribution is 6.13. The Morgan fingerprint density at radius 3 is 2.15 bits per heavy atom. The van der Waals surface area contributed by atoms with Gasteiger partial charge >= 0.3 is 12.1 Å². The van der Waals surface area contributed by atoms with Gasteiger partial charge in [0.1, 0.15) is 18.7 Å². The lowest BCUT2D eigenvalue weighted by molar-refractivity contribution is -0.146. The summed E-state index contributed by atoms with van der Waals surface area (Å²) in [6, 6.07) is 23.6. The van der Waals surface area contributed by atoms with Crippen LogP contribution in [0.15, 0.2) is 84.9 Å². The lowest BCUT2D eigenvalue weighted by Gasteiger charge is -2.28. The largest absolute Gasteiger partial charge is 0.467 e. The molecule has 0 bridgehead atoms. The molecule has 2 heterocycles. The Kier molecular flexibility index (Phi) is 11.3. The van der Waals surface area contributed by atoms with E-state index in [4.69, 9.17) is 9.47 Å². The lowest BCUT2D eigenvalue weighted by atomic mass is 9.96. The summed E-state index contributed by atoms with van der Waals surface area (Å²) in [6.45, 7) is 1.68. The average molecular weight is 641 g/mol. The third-order valence-electron chi connectivity index (χ3n) is 8.56. The summed E-state index contributed by atoms with van der Waals surface area (Å²) >= 11 is 0. The predicted octanol–water partition coefficient (Wildman–Crippen LogP) is 3.75. The van der Waals surface area contributed by atoms with E-state index >= 15 is 0 Å². The second-order valence-electron chi connectivity index (χ2n) is 11.8. The molecule has 2 fully saturated rings. The molecule has 0 saturated carbocycles. The summed E-state index contributed by atoms with van der Waals surface area (Å²) in [5.74, 6) is -1.84. The highest BCUT2D eigenvalue weighted by Crippen LogP contribution is 2.25. The molecule has 11 heteroatoms. The van der Waals surface area contributed by atoms with Gasteiger partial charge in [-0.25, -0.2) is 14.5 Å². The van der Waals surface area contributed by atoms with E-state index in [1.807, 2.05) is 60.7 Å². The van der Waals surface area contributed by atoms with E-state index in [2.05, 4.69) is 10.6 Å². The van der Waals surface area contributed by atoms with Crippen molar-refractivity contribution in [2.24, 2.45) is 5.92 Å². The monoisotopic (exact) mass is 640 g/mol. The number of carbonyl (C=O) groups is 5. The molecule has 3 aromatic rings. The Balaban J connectivity index is 1.29. The van der Waals surface area contributed by atoms with Crippen LogP contribution in [0.2, 0.25) is 0 Å². The molecule has 0 aliphatic carbocycles. The van der Waals surface area contributed by atoms with Crippen LogP contribution < -0.4 is 15.5 Å². The first-order valence-electron chi connectivity index (χ1n) is 15.9. The number of benzene rings is 3. The molecule has 0 radical (unpaired) electrons. The zero-order chi connectivity index (χ0) is 33.2. The zero-order valence-corrected chi connectivity index (χ0v) is 26.4. The Bertz CT molecular complexity index is 1540. The van der Waals surface area contributed by atoms with Gasteiger partial charge in [0.15, 0.2) is 0 Å². The Hall–Kier alpha value is -5.03. The number of hydrogen-bond donors (Lipinski definition) is 2. The van der Waals surface area contributed by atoms with Crippen LogP contribution in [0.5, 0.6) is 0 Å². The Labute approximate surface area is 274 Å². The summed E-state index contributed by atoms with van der Waals surface area (Å²) in [6.07, 6.45) is 1.14. The minimum Gasteiger partial charge on any atom is -0.467 e. The number of methoxy groups -OCH3 is 1. The topological polar surface area (TPSA) is 134 Å². The minimum absolute atomic E-state index is 0.0175. The fraction of sp³-hybridized carbons (Fsp3) is 0.361. The summed E-state index contributed by atoms with van der Waals surface area (Å²) in [7, 11) is 1.25. The van der Waals surface area contributed by atoms with E-state index in [0.717, 1.165) is 16.0 Å². The van der Waals surface area contributed by atoms with Crippen LogP contribution in [-0.2, 0) is 48.2 Å². The van der Waals surface area contributed by atoms with Gasteiger partial charge in [0.25, 0.3) is 0 Å². The van der Waals surface area contributed by atoms with Crippen molar-refractivity contribution in [2.75, 3.05) is 25.1 Å². The first-order chi connectivity index (χ1) is 22.8. The third kappa shape index (κ3) is 8.62. The standard InChI is InChI=1S/C36H40N4O7/c1-46-35(44)30(38-33(42)31-16-17-32(41)39(31)23-26-8-4-2-5-9-26)22-25-12-14-29(15-13-25)40(34(43)28-18-20-37-21-19-28)36(45)47-24-27-10-6-3-7-11-27/h2-15,28,30-31,37H,16-24H2,1H3,(H,38,42)/t30-,31-/m0/s1. The van der Waals surface area contributed by atoms with Gasteiger partial charge in [-0.15, -0.1) is 0 Å². The Morgan fingerprint density at radius 1 is 0.872 bits per heavy atom. The molecule has 0 unspecified atom stereocenters. The van der Waals surface area contributed by atoms with Gasteiger partial charge in [0.2, 0.25) is 17.7 Å². The number of amides is 4. The number of piperidine rings is 1. The van der Waals surface area contributed by atoms with Gasteiger partial charge in [-0.1, -0.05) is 72.8 Å². The van der Waals surface area contributed by atoms with Crippen LogP contribution in [0.4, 0.5) is 10.5 Å². The number of nitrogens with zero attached hydrogens (tertiary/aromatic N) is 2. The summed E-state index contributed by atoms with van der Waals surface area (Å²) in [5, 5.41) is 6.03. The maximum Gasteiger partial charge on any atom is 0.421 e. The molecule has 2 atom stereocenters. The van der Waals surface area contributed by atoms with Crippen LogP contribution in [0.1, 0.15) is 42.4 Å².